The first-order valence-electron chi connectivity index (χ1n) is 6.16. The Hall–Kier alpha value is -0.0457. The van der Waals surface area contributed by atoms with Crippen LogP contribution in [0.4, 0.5) is 0 Å². The van der Waals surface area contributed by atoms with Crippen molar-refractivity contribution in [2.24, 2.45) is 0 Å². The minimum atomic E-state index is -0.410. The van der Waals surface area contributed by atoms with Crippen LogP contribution in [-0.4, -0.2) is 5.11 Å². The van der Waals surface area contributed by atoms with Crippen LogP contribution >= 0.6 is 24.8 Å². The summed E-state index contributed by atoms with van der Waals surface area (Å²) in [4.78, 5) is 0. The molecule has 4 heteroatoms. The van der Waals surface area contributed by atoms with E-state index in [1.165, 1.54) is 27.9 Å². The van der Waals surface area contributed by atoms with Gasteiger partial charge in [-0.2, -0.15) is 0 Å². The van der Waals surface area contributed by atoms with E-state index in [1.54, 1.807) is 0 Å². The third-order valence-corrected chi connectivity index (χ3v) is 3.83. The molecule has 0 aliphatic heterocycles. The van der Waals surface area contributed by atoms with Crippen molar-refractivity contribution in [2.45, 2.75) is 40.2 Å². The Bertz CT molecular complexity index is 519. The molecule has 1 unspecified atom stereocenters. The Labute approximate surface area is 149 Å². The predicted molar refractivity (Wildman–Crippen MR) is 87.2 cm³/mol. The van der Waals surface area contributed by atoms with Crippen molar-refractivity contribution in [3.05, 3.63) is 52.1 Å². The Morgan fingerprint density at radius 2 is 1.55 bits per heavy atom. The molecule has 0 spiro atoms. The van der Waals surface area contributed by atoms with Gasteiger partial charge in [0.05, 0.1) is 6.10 Å². The Morgan fingerprint density at radius 3 is 2.00 bits per heavy atom. The molecule has 0 bridgehead atoms. The van der Waals surface area contributed by atoms with Gasteiger partial charge in [-0.15, -0.1) is 24.8 Å². The zero-order valence-electron chi connectivity index (χ0n) is 12.4. The number of hydrogen-bond donors (Lipinski definition) is 1. The van der Waals surface area contributed by atoms with Gasteiger partial charge in [-0.3, -0.25) is 0 Å². The molecule has 2 rings (SSSR count). The van der Waals surface area contributed by atoms with Gasteiger partial charge in [-0.25, -0.2) is 0 Å². The molecule has 0 amide bonds. The van der Waals surface area contributed by atoms with E-state index in [1.807, 2.05) is 25.1 Å². The van der Waals surface area contributed by atoms with Gasteiger partial charge >= 0.3 is 0 Å². The zero-order valence-corrected chi connectivity index (χ0v) is 15.6. The number of aliphatic hydroxyl groups excluding tert-OH is 1. The minimum absolute atomic E-state index is 0. The van der Waals surface area contributed by atoms with Gasteiger partial charge in [0.2, 0.25) is 0 Å². The van der Waals surface area contributed by atoms with Crippen LogP contribution in [0.1, 0.15) is 51.3 Å². The van der Waals surface area contributed by atoms with Crippen LogP contribution < -0.4 is 0 Å². The SMILES string of the molecule is CC1=C(C)C(C)=C(c2ccccc2C(C)O)C1.Cl.Cl.[Ti]. The average molecular weight is 349 g/mol. The molecule has 20 heavy (non-hydrogen) atoms. The van der Waals surface area contributed by atoms with Crippen molar-refractivity contribution in [1.29, 1.82) is 0 Å². The molecule has 1 aromatic carbocycles. The summed E-state index contributed by atoms with van der Waals surface area (Å²) in [6.45, 7) is 8.39. The van der Waals surface area contributed by atoms with E-state index in [0.29, 0.717) is 0 Å². The maximum Gasteiger partial charge on any atom is 0.0767 e. The second kappa shape index (κ2) is 9.07. The Balaban J connectivity index is 0. The summed E-state index contributed by atoms with van der Waals surface area (Å²) in [5.41, 5.74) is 7.82. The number of allylic oxidation sites excluding steroid dienone is 4. The molecule has 1 aromatic rings. The van der Waals surface area contributed by atoms with Gasteiger partial charge in [0, 0.05) is 21.7 Å². The summed E-state index contributed by atoms with van der Waals surface area (Å²) in [5.74, 6) is 0. The molecule has 0 saturated heterocycles. The summed E-state index contributed by atoms with van der Waals surface area (Å²) in [7, 11) is 0. The van der Waals surface area contributed by atoms with Crippen LogP contribution in [-0.2, 0) is 21.7 Å². The number of rotatable bonds is 2. The predicted octanol–water partition coefficient (Wildman–Crippen LogP) is 5.09. The van der Waals surface area contributed by atoms with Gasteiger partial charge in [-0.1, -0.05) is 29.8 Å². The monoisotopic (exact) mass is 348 g/mol. The van der Waals surface area contributed by atoms with E-state index >= 15 is 0 Å². The van der Waals surface area contributed by atoms with E-state index in [9.17, 15) is 5.11 Å². The molecule has 1 atom stereocenters. The van der Waals surface area contributed by atoms with Crippen LogP contribution in [0.2, 0.25) is 0 Å². The van der Waals surface area contributed by atoms with Gasteiger partial charge in [0.25, 0.3) is 0 Å². The fourth-order valence-corrected chi connectivity index (χ4v) is 2.51. The fraction of sp³-hybridized carbons (Fsp3) is 0.375. The van der Waals surface area contributed by atoms with E-state index < -0.39 is 6.10 Å². The van der Waals surface area contributed by atoms with E-state index in [2.05, 4.69) is 26.8 Å². The largest absolute Gasteiger partial charge is 0.389 e. The van der Waals surface area contributed by atoms with Gasteiger partial charge < -0.3 is 5.11 Å². The third kappa shape index (κ3) is 4.22. The first-order valence-corrected chi connectivity index (χ1v) is 6.16. The van der Waals surface area contributed by atoms with Crippen molar-refractivity contribution in [2.75, 3.05) is 0 Å². The summed E-state index contributed by atoms with van der Waals surface area (Å²) in [6.07, 6.45) is 0.606. The normalized spacial score (nSPS) is 15.2. The zero-order chi connectivity index (χ0) is 12.6. The summed E-state index contributed by atoms with van der Waals surface area (Å²) in [5, 5.41) is 9.85. The summed E-state index contributed by atoms with van der Waals surface area (Å²) < 4.78 is 0. The topological polar surface area (TPSA) is 20.2 Å². The van der Waals surface area contributed by atoms with Crippen molar-refractivity contribution in [3.8, 4) is 0 Å². The van der Waals surface area contributed by atoms with Gasteiger partial charge in [0.1, 0.15) is 0 Å². The van der Waals surface area contributed by atoms with E-state index in [-0.39, 0.29) is 46.5 Å². The Kier molecular flexibility index (Phi) is 10.1. The standard InChI is InChI=1S/C16H20O.2ClH.Ti/c1-10-9-16(12(3)11(10)2)15-8-6-5-7-14(15)13(4)17;;;/h5-8,13,17H,9H2,1-4H3;2*1H;. The van der Waals surface area contributed by atoms with Crippen LogP contribution in [0.5, 0.6) is 0 Å². The summed E-state index contributed by atoms with van der Waals surface area (Å²) in [6, 6.07) is 8.17. The molecule has 1 nitrogen and oxygen atoms in total. The molecule has 110 valence electrons. The quantitative estimate of drug-likeness (QED) is 0.737. The number of halogens is 2. The van der Waals surface area contributed by atoms with E-state index in [0.717, 1.165) is 12.0 Å². The minimum Gasteiger partial charge on any atom is -0.389 e. The van der Waals surface area contributed by atoms with Gasteiger partial charge in [0.15, 0.2) is 0 Å². The van der Waals surface area contributed by atoms with Gasteiger partial charge in [-0.05, 0) is 62.0 Å². The molecule has 0 fully saturated rings. The van der Waals surface area contributed by atoms with Crippen LogP contribution in [0.15, 0.2) is 41.0 Å². The average Bonchev–Trinajstić information content (AvgIpc) is 2.57. The fourth-order valence-electron chi connectivity index (χ4n) is 2.51. The van der Waals surface area contributed by atoms with Crippen LogP contribution in [0.3, 0.4) is 0 Å². The van der Waals surface area contributed by atoms with Crippen molar-refractivity contribution in [3.63, 3.8) is 0 Å². The van der Waals surface area contributed by atoms with Crippen molar-refractivity contribution >= 4 is 30.4 Å². The maximum absolute atomic E-state index is 9.85. The molecular weight excluding hydrogens is 327 g/mol. The molecule has 1 N–H and O–H groups in total. The number of benzene rings is 1. The molecule has 0 aromatic heterocycles. The number of hydrogen-bond acceptors (Lipinski definition) is 1. The first kappa shape index (κ1) is 22.2. The second-order valence-electron chi connectivity index (χ2n) is 4.95. The van der Waals surface area contributed by atoms with Crippen LogP contribution in [0, 0.1) is 0 Å². The van der Waals surface area contributed by atoms with Crippen molar-refractivity contribution in [1.82, 2.24) is 0 Å². The Morgan fingerprint density at radius 1 is 1.00 bits per heavy atom. The number of aliphatic hydroxyl groups is 1. The smallest absolute Gasteiger partial charge is 0.0767 e. The molecule has 0 heterocycles. The second-order valence-corrected chi connectivity index (χ2v) is 4.95. The molecular formula is C16H22Cl2OTi. The third-order valence-electron chi connectivity index (χ3n) is 3.83. The first-order chi connectivity index (χ1) is 8.02. The molecule has 0 saturated carbocycles. The van der Waals surface area contributed by atoms with Crippen molar-refractivity contribution < 1.29 is 26.8 Å². The molecule has 1 aliphatic rings. The summed E-state index contributed by atoms with van der Waals surface area (Å²) >= 11 is 0. The maximum atomic E-state index is 9.85. The van der Waals surface area contributed by atoms with E-state index in [4.69, 9.17) is 0 Å². The molecule has 0 radical (unpaired) electrons. The molecule has 1 aliphatic carbocycles. The van der Waals surface area contributed by atoms with Crippen LogP contribution in [0.25, 0.3) is 5.57 Å².